The lowest BCUT2D eigenvalue weighted by molar-refractivity contribution is 0.816. The number of hydrogen-bond acceptors (Lipinski definition) is 2. The molecule has 1 aliphatic heterocycles. The molecule has 0 unspecified atom stereocenters. The highest BCUT2D eigenvalue weighted by Gasteiger charge is 2.02. The predicted molar refractivity (Wildman–Crippen MR) is 43.2 cm³/mol. The molecule has 8 heavy (non-hydrogen) atoms. The highest BCUT2D eigenvalue weighted by atomic mass is 32.2. The second-order valence-corrected chi connectivity index (χ2v) is 3.70. The van der Waals surface area contributed by atoms with Crippen LogP contribution in [0.4, 0.5) is 0 Å². The molecule has 0 aliphatic carbocycles. The Hall–Kier alpha value is 0.440. The standard InChI is InChI=1S/C6H9S2/c7-6-4-2-1-3-5-8-6/h4H,1-3,5H2. The van der Waals surface area contributed by atoms with E-state index in [0.717, 1.165) is 4.20 Å². The van der Waals surface area contributed by atoms with E-state index >= 15 is 0 Å². The first-order valence-electron chi connectivity index (χ1n) is 2.89. The maximum absolute atomic E-state index is 5.00. The van der Waals surface area contributed by atoms with Crippen LogP contribution in [0.25, 0.3) is 0 Å². The van der Waals surface area contributed by atoms with Crippen LogP contribution in [-0.2, 0) is 0 Å². The van der Waals surface area contributed by atoms with Crippen LogP contribution in [-0.4, -0.2) is 9.95 Å². The summed E-state index contributed by atoms with van der Waals surface area (Å²) in [5, 5.41) is 0. The fraction of sp³-hybridized carbons (Fsp3) is 0.667. The van der Waals surface area contributed by atoms with Crippen LogP contribution in [0.3, 0.4) is 0 Å². The van der Waals surface area contributed by atoms with Gasteiger partial charge in [0.15, 0.2) is 0 Å². The monoisotopic (exact) mass is 145 g/mol. The smallest absolute Gasteiger partial charge is 0.0516 e. The van der Waals surface area contributed by atoms with Gasteiger partial charge in [0.05, 0.1) is 4.20 Å². The van der Waals surface area contributed by atoms with E-state index in [1.807, 2.05) is 11.8 Å². The number of thioether (sulfide) groups is 1. The fourth-order valence-electron chi connectivity index (χ4n) is 0.698. The maximum atomic E-state index is 5.00. The molecule has 0 N–H and O–H groups in total. The average Bonchev–Trinajstić information content (AvgIpc) is 1.94. The van der Waals surface area contributed by atoms with Gasteiger partial charge < -0.3 is 0 Å². The van der Waals surface area contributed by atoms with Crippen molar-refractivity contribution in [3.8, 4) is 0 Å². The third-order valence-corrected chi connectivity index (χ3v) is 2.62. The van der Waals surface area contributed by atoms with Crippen molar-refractivity contribution in [1.29, 1.82) is 0 Å². The zero-order chi connectivity index (χ0) is 5.82. The summed E-state index contributed by atoms with van der Waals surface area (Å²) in [4.78, 5) is 0. The largest absolute Gasteiger partial charge is 0.119 e. The molecule has 1 rings (SSSR count). The normalized spacial score (nSPS) is 22.8. The van der Waals surface area contributed by atoms with Crippen LogP contribution in [0, 0.1) is 6.42 Å². The molecule has 0 aromatic heterocycles. The van der Waals surface area contributed by atoms with E-state index in [9.17, 15) is 0 Å². The Morgan fingerprint density at radius 2 is 2.38 bits per heavy atom. The zero-order valence-electron chi connectivity index (χ0n) is 4.72. The van der Waals surface area contributed by atoms with Crippen LogP contribution in [0.1, 0.15) is 19.3 Å². The van der Waals surface area contributed by atoms with Crippen molar-refractivity contribution in [2.45, 2.75) is 19.3 Å². The number of rotatable bonds is 0. The lowest BCUT2D eigenvalue weighted by Gasteiger charge is -1.90. The van der Waals surface area contributed by atoms with E-state index < -0.39 is 0 Å². The molecule has 45 valence electrons. The molecule has 1 radical (unpaired) electrons. The van der Waals surface area contributed by atoms with E-state index in [2.05, 4.69) is 6.42 Å². The first kappa shape index (κ1) is 6.56. The van der Waals surface area contributed by atoms with Gasteiger partial charge in [-0.3, -0.25) is 0 Å². The molecule has 0 spiro atoms. The minimum Gasteiger partial charge on any atom is -0.119 e. The minimum absolute atomic E-state index is 1.10. The van der Waals surface area contributed by atoms with Gasteiger partial charge in [-0.05, 0) is 18.6 Å². The summed E-state index contributed by atoms with van der Waals surface area (Å²) in [5.41, 5.74) is 0. The van der Waals surface area contributed by atoms with E-state index in [1.165, 1.54) is 25.0 Å². The van der Waals surface area contributed by atoms with E-state index in [1.54, 1.807) is 0 Å². The van der Waals surface area contributed by atoms with Gasteiger partial charge in [-0.25, -0.2) is 0 Å². The fourth-order valence-corrected chi connectivity index (χ4v) is 1.85. The van der Waals surface area contributed by atoms with Gasteiger partial charge in [0.25, 0.3) is 0 Å². The Labute approximate surface area is 60.0 Å². The lowest BCUT2D eigenvalue weighted by Crippen LogP contribution is -1.83. The summed E-state index contributed by atoms with van der Waals surface area (Å²) in [6, 6.07) is 0. The highest BCUT2D eigenvalue weighted by Crippen LogP contribution is 2.17. The van der Waals surface area contributed by atoms with Gasteiger partial charge in [-0.1, -0.05) is 18.6 Å². The molecule has 1 saturated heterocycles. The summed E-state index contributed by atoms with van der Waals surface area (Å²) in [7, 11) is 0. The molecule has 1 fully saturated rings. The van der Waals surface area contributed by atoms with Crippen molar-refractivity contribution in [1.82, 2.24) is 0 Å². The Morgan fingerprint density at radius 1 is 1.50 bits per heavy atom. The van der Waals surface area contributed by atoms with Crippen molar-refractivity contribution < 1.29 is 0 Å². The van der Waals surface area contributed by atoms with Crippen LogP contribution < -0.4 is 0 Å². The van der Waals surface area contributed by atoms with E-state index in [-0.39, 0.29) is 0 Å². The maximum Gasteiger partial charge on any atom is 0.0516 e. The molecule has 0 aromatic rings. The first-order valence-corrected chi connectivity index (χ1v) is 4.29. The Bertz CT molecular complexity index is 78.5. The molecule has 1 heterocycles. The number of thiocarbonyl (C=S) groups is 1. The lowest BCUT2D eigenvalue weighted by atomic mass is 10.2. The summed E-state index contributed by atoms with van der Waals surface area (Å²) < 4.78 is 1.10. The quantitative estimate of drug-likeness (QED) is 0.480. The van der Waals surface area contributed by atoms with Crippen molar-refractivity contribution in [3.05, 3.63) is 6.42 Å². The van der Waals surface area contributed by atoms with E-state index in [0.29, 0.717) is 0 Å². The third-order valence-electron chi connectivity index (χ3n) is 1.15. The van der Waals surface area contributed by atoms with E-state index in [4.69, 9.17) is 12.2 Å². The molecular weight excluding hydrogens is 136 g/mol. The Morgan fingerprint density at radius 3 is 3.25 bits per heavy atom. The van der Waals surface area contributed by atoms with Crippen LogP contribution in [0.2, 0.25) is 0 Å². The summed E-state index contributed by atoms with van der Waals surface area (Å²) in [5.74, 6) is 1.23. The molecule has 0 amide bonds. The third kappa shape index (κ3) is 2.14. The van der Waals surface area contributed by atoms with Gasteiger partial charge in [0.1, 0.15) is 0 Å². The predicted octanol–water partition coefficient (Wildman–Crippen LogP) is 2.44. The van der Waals surface area contributed by atoms with Crippen molar-refractivity contribution in [2.24, 2.45) is 0 Å². The first-order chi connectivity index (χ1) is 3.89. The van der Waals surface area contributed by atoms with Gasteiger partial charge in [0, 0.05) is 6.42 Å². The van der Waals surface area contributed by atoms with Crippen LogP contribution in [0.15, 0.2) is 0 Å². The molecule has 1 aliphatic rings. The zero-order valence-corrected chi connectivity index (χ0v) is 6.36. The molecule has 0 atom stereocenters. The van der Waals surface area contributed by atoms with Gasteiger partial charge in [0.2, 0.25) is 0 Å². The minimum atomic E-state index is 1.10. The average molecular weight is 145 g/mol. The highest BCUT2D eigenvalue weighted by molar-refractivity contribution is 8.23. The summed E-state index contributed by atoms with van der Waals surface area (Å²) in [6.07, 6.45) is 6.02. The van der Waals surface area contributed by atoms with Gasteiger partial charge >= 0.3 is 0 Å². The van der Waals surface area contributed by atoms with Gasteiger partial charge in [-0.2, -0.15) is 0 Å². The summed E-state index contributed by atoms with van der Waals surface area (Å²) >= 11 is 6.81. The molecule has 0 bridgehead atoms. The molecule has 0 saturated carbocycles. The topological polar surface area (TPSA) is 0 Å². The Kier molecular flexibility index (Phi) is 2.84. The van der Waals surface area contributed by atoms with Crippen LogP contribution >= 0.6 is 24.0 Å². The molecule has 2 heteroatoms. The van der Waals surface area contributed by atoms with Crippen molar-refractivity contribution >= 4 is 28.2 Å². The SMILES string of the molecule is S=C1[CH]CCCCS1. The van der Waals surface area contributed by atoms with Crippen molar-refractivity contribution in [3.63, 3.8) is 0 Å². The second kappa shape index (κ2) is 3.46. The summed E-state index contributed by atoms with van der Waals surface area (Å²) in [6.45, 7) is 0. The van der Waals surface area contributed by atoms with Gasteiger partial charge in [-0.15, -0.1) is 11.8 Å². The van der Waals surface area contributed by atoms with Crippen LogP contribution in [0.5, 0.6) is 0 Å². The molecule has 0 aromatic carbocycles. The Balaban J connectivity index is 2.27. The van der Waals surface area contributed by atoms with Crippen molar-refractivity contribution in [2.75, 3.05) is 5.75 Å². The molecule has 0 nitrogen and oxygen atoms in total. The second-order valence-electron chi connectivity index (χ2n) is 1.87. The number of hydrogen-bond donors (Lipinski definition) is 0. The molecular formula is C6H9S2.